The summed E-state index contributed by atoms with van der Waals surface area (Å²) in [7, 11) is 0. The average Bonchev–Trinajstić information content (AvgIpc) is 2.70. The van der Waals surface area contributed by atoms with Crippen LogP contribution in [0.2, 0.25) is 0 Å². The normalized spacial score (nSPS) is 15.5. The van der Waals surface area contributed by atoms with Crippen molar-refractivity contribution in [3.8, 4) is 0 Å². The third kappa shape index (κ3) is 3.03. The Morgan fingerprint density at radius 1 is 1.05 bits per heavy atom. The number of fused-ring (bicyclic) bond motifs is 1. The van der Waals surface area contributed by atoms with Gasteiger partial charge in [-0.3, -0.25) is 9.59 Å². The van der Waals surface area contributed by atoms with Gasteiger partial charge in [-0.2, -0.15) is 0 Å². The minimum Gasteiger partial charge on any atom is -0.329 e. The van der Waals surface area contributed by atoms with E-state index in [0.717, 1.165) is 0 Å². The third-order valence-corrected chi connectivity index (χ3v) is 3.77. The molecule has 0 aliphatic carbocycles. The van der Waals surface area contributed by atoms with E-state index < -0.39 is 17.8 Å². The molecule has 118 valence electrons. The van der Waals surface area contributed by atoms with Gasteiger partial charge in [0.05, 0.1) is 17.0 Å². The van der Waals surface area contributed by atoms with Gasteiger partial charge in [-0.05, 0) is 30.4 Å². The molecular weight excluding hydrogens is 282 g/mol. The Kier molecular flexibility index (Phi) is 4.64. The van der Waals surface area contributed by atoms with Crippen LogP contribution in [0.1, 0.15) is 54.8 Å². The molecule has 1 aromatic carbocycles. The molecule has 0 spiro atoms. The van der Waals surface area contributed by atoms with Gasteiger partial charge in [0.25, 0.3) is 11.8 Å². The van der Waals surface area contributed by atoms with Gasteiger partial charge in [0.1, 0.15) is 0 Å². The predicted molar refractivity (Wildman–Crippen MR) is 80.8 cm³/mol. The van der Waals surface area contributed by atoms with Gasteiger partial charge < -0.3 is 4.84 Å². The van der Waals surface area contributed by atoms with Gasteiger partial charge >= 0.3 is 5.97 Å². The summed E-state index contributed by atoms with van der Waals surface area (Å²) in [6.45, 7) is 7.89. The van der Waals surface area contributed by atoms with Gasteiger partial charge in [0.15, 0.2) is 0 Å². The maximum absolute atomic E-state index is 12.4. The number of imide groups is 1. The van der Waals surface area contributed by atoms with Gasteiger partial charge in [0.2, 0.25) is 0 Å². The van der Waals surface area contributed by atoms with Gasteiger partial charge in [-0.15, -0.1) is 0 Å². The topological polar surface area (TPSA) is 63.7 Å². The van der Waals surface area contributed by atoms with E-state index >= 15 is 0 Å². The van der Waals surface area contributed by atoms with Crippen LogP contribution < -0.4 is 0 Å². The first kappa shape index (κ1) is 16.2. The maximum Gasteiger partial charge on any atom is 0.336 e. The lowest BCUT2D eigenvalue weighted by Crippen LogP contribution is -2.36. The molecule has 0 N–H and O–H groups in total. The van der Waals surface area contributed by atoms with Crippen LogP contribution in [0.25, 0.3) is 0 Å². The molecule has 22 heavy (non-hydrogen) atoms. The highest BCUT2D eigenvalue weighted by molar-refractivity contribution is 6.20. The smallest absolute Gasteiger partial charge is 0.329 e. The molecule has 0 saturated carbocycles. The van der Waals surface area contributed by atoms with Gasteiger partial charge in [0, 0.05) is 0 Å². The van der Waals surface area contributed by atoms with Crippen molar-refractivity contribution in [1.29, 1.82) is 0 Å². The van der Waals surface area contributed by atoms with E-state index in [1.54, 1.807) is 24.3 Å². The number of amides is 2. The molecule has 0 radical (unpaired) electrons. The lowest BCUT2D eigenvalue weighted by Gasteiger charge is -2.22. The standard InChI is InChI=1S/C17H21NO4/c1-10(2)9-14(11(3)4)17(21)22-18-15(19)12-7-5-6-8-13(12)16(18)20/h5-8,10-11,14H,9H2,1-4H3. The molecule has 1 unspecified atom stereocenters. The highest BCUT2D eigenvalue weighted by Crippen LogP contribution is 2.26. The second kappa shape index (κ2) is 6.30. The Hall–Kier alpha value is -2.17. The Morgan fingerprint density at radius 2 is 1.55 bits per heavy atom. The molecule has 2 amide bonds. The lowest BCUT2D eigenvalue weighted by atomic mass is 9.88. The fourth-order valence-corrected chi connectivity index (χ4v) is 2.56. The number of benzene rings is 1. The van der Waals surface area contributed by atoms with Crippen molar-refractivity contribution < 1.29 is 19.2 Å². The summed E-state index contributed by atoms with van der Waals surface area (Å²) in [5.41, 5.74) is 0.538. The van der Waals surface area contributed by atoms with E-state index in [2.05, 4.69) is 0 Å². The van der Waals surface area contributed by atoms with Crippen molar-refractivity contribution in [3.63, 3.8) is 0 Å². The average molecular weight is 303 g/mol. The van der Waals surface area contributed by atoms with Crippen molar-refractivity contribution in [2.45, 2.75) is 34.1 Å². The molecule has 0 bridgehead atoms. The van der Waals surface area contributed by atoms with Crippen LogP contribution in [-0.4, -0.2) is 22.8 Å². The Bertz CT molecular complexity index is 571. The van der Waals surface area contributed by atoms with Crippen LogP contribution in [0.4, 0.5) is 0 Å². The van der Waals surface area contributed by atoms with Crippen LogP contribution in [0.3, 0.4) is 0 Å². The third-order valence-electron chi connectivity index (χ3n) is 3.77. The second-order valence-corrected chi connectivity index (χ2v) is 6.34. The zero-order valence-electron chi connectivity index (χ0n) is 13.3. The van der Waals surface area contributed by atoms with Crippen LogP contribution in [0.5, 0.6) is 0 Å². The van der Waals surface area contributed by atoms with Crippen molar-refractivity contribution >= 4 is 17.8 Å². The summed E-state index contributed by atoms with van der Waals surface area (Å²) >= 11 is 0. The minimum atomic E-state index is -0.582. The molecule has 0 aromatic heterocycles. The van der Waals surface area contributed by atoms with Crippen LogP contribution >= 0.6 is 0 Å². The summed E-state index contributed by atoms with van der Waals surface area (Å²) in [6.07, 6.45) is 0.652. The first-order valence-electron chi connectivity index (χ1n) is 7.52. The second-order valence-electron chi connectivity index (χ2n) is 6.34. The Balaban J connectivity index is 2.16. The van der Waals surface area contributed by atoms with E-state index in [0.29, 0.717) is 17.4 Å². The zero-order chi connectivity index (χ0) is 16.4. The minimum absolute atomic E-state index is 0.0742. The van der Waals surface area contributed by atoms with Gasteiger partial charge in [-0.1, -0.05) is 44.9 Å². The van der Waals surface area contributed by atoms with Crippen LogP contribution in [0, 0.1) is 17.8 Å². The van der Waals surface area contributed by atoms with Crippen molar-refractivity contribution in [2.24, 2.45) is 17.8 Å². The first-order chi connectivity index (χ1) is 10.3. The zero-order valence-corrected chi connectivity index (χ0v) is 13.3. The molecule has 1 aromatic rings. The van der Waals surface area contributed by atoms with Crippen molar-refractivity contribution in [1.82, 2.24) is 5.06 Å². The molecule has 1 atom stereocenters. The van der Waals surface area contributed by atoms with Gasteiger partial charge in [-0.25, -0.2) is 4.79 Å². The fourth-order valence-electron chi connectivity index (χ4n) is 2.56. The number of carbonyl (C=O) groups excluding carboxylic acids is 3. The number of nitrogens with zero attached hydrogens (tertiary/aromatic N) is 1. The first-order valence-corrected chi connectivity index (χ1v) is 7.52. The number of hydrogen-bond donors (Lipinski definition) is 0. The number of rotatable bonds is 5. The van der Waals surface area contributed by atoms with E-state index in [1.165, 1.54) is 0 Å². The molecule has 5 heteroatoms. The van der Waals surface area contributed by atoms with E-state index in [9.17, 15) is 14.4 Å². The largest absolute Gasteiger partial charge is 0.336 e. The Morgan fingerprint density at radius 3 is 1.95 bits per heavy atom. The predicted octanol–water partition coefficient (Wildman–Crippen LogP) is 3.06. The highest BCUT2D eigenvalue weighted by atomic mass is 16.7. The van der Waals surface area contributed by atoms with Crippen LogP contribution in [0.15, 0.2) is 24.3 Å². The molecule has 0 saturated heterocycles. The molecular formula is C17H21NO4. The molecule has 1 aliphatic heterocycles. The van der Waals surface area contributed by atoms with Crippen molar-refractivity contribution in [2.75, 3.05) is 0 Å². The highest BCUT2D eigenvalue weighted by Gasteiger charge is 2.40. The van der Waals surface area contributed by atoms with E-state index in [1.807, 2.05) is 27.7 Å². The van der Waals surface area contributed by atoms with E-state index in [4.69, 9.17) is 4.84 Å². The number of hydroxylamine groups is 2. The molecule has 1 heterocycles. The summed E-state index contributed by atoms with van der Waals surface area (Å²) in [4.78, 5) is 41.9. The summed E-state index contributed by atoms with van der Waals surface area (Å²) in [5.74, 6) is -1.64. The molecule has 1 aliphatic rings. The Labute approximate surface area is 130 Å². The fraction of sp³-hybridized carbons (Fsp3) is 0.471. The summed E-state index contributed by atoms with van der Waals surface area (Å²) < 4.78 is 0. The molecule has 5 nitrogen and oxygen atoms in total. The van der Waals surface area contributed by atoms with E-state index in [-0.39, 0.29) is 23.0 Å². The summed E-state index contributed by atoms with van der Waals surface area (Å²) in [6, 6.07) is 6.45. The SMILES string of the molecule is CC(C)CC(C(=O)ON1C(=O)c2ccccc2C1=O)C(C)C. The maximum atomic E-state index is 12.4. The van der Waals surface area contributed by atoms with Crippen molar-refractivity contribution in [3.05, 3.63) is 35.4 Å². The summed E-state index contributed by atoms with van der Waals surface area (Å²) in [5, 5.41) is 0.586. The quantitative estimate of drug-likeness (QED) is 0.784. The molecule has 0 fully saturated rings. The monoisotopic (exact) mass is 303 g/mol. The molecule has 2 rings (SSSR count). The lowest BCUT2D eigenvalue weighted by molar-refractivity contribution is -0.176. The number of carbonyl (C=O) groups is 3. The number of hydrogen-bond acceptors (Lipinski definition) is 4. The van der Waals surface area contributed by atoms with Crippen LogP contribution in [-0.2, 0) is 9.63 Å².